The fourth-order valence-corrected chi connectivity index (χ4v) is 10.1. The molecule has 1 aromatic heterocycles. The van der Waals surface area contributed by atoms with E-state index in [0.29, 0.717) is 0 Å². The maximum absolute atomic E-state index is 7.02. The number of furan rings is 1. The molecule has 2 nitrogen and oxygen atoms in total. The number of nitrogens with zero attached hydrogens (tertiary/aromatic N) is 1. The van der Waals surface area contributed by atoms with Crippen molar-refractivity contribution >= 4 is 49.8 Å². The Balaban J connectivity index is 1.09. The first-order chi connectivity index (χ1) is 31.0. The van der Waals surface area contributed by atoms with Crippen LogP contribution in [-0.2, 0) is 5.41 Å². The second-order valence-electron chi connectivity index (χ2n) is 17.3. The lowest BCUT2D eigenvalue weighted by Gasteiger charge is -2.28. The van der Waals surface area contributed by atoms with E-state index in [0.717, 1.165) is 66.6 Å². The van der Waals surface area contributed by atoms with Gasteiger partial charge in [0.25, 0.3) is 0 Å². The van der Waals surface area contributed by atoms with Gasteiger partial charge in [-0.15, -0.1) is 0 Å². The maximum atomic E-state index is 7.02. The van der Waals surface area contributed by atoms with Gasteiger partial charge in [0.2, 0.25) is 0 Å². The van der Waals surface area contributed by atoms with Crippen LogP contribution in [0.5, 0.6) is 0 Å². The Labute approximate surface area is 368 Å². The molecule has 0 spiro atoms. The summed E-state index contributed by atoms with van der Waals surface area (Å²) >= 11 is 0. The molecule has 1 aliphatic carbocycles. The van der Waals surface area contributed by atoms with Crippen LogP contribution >= 0.6 is 0 Å². The SMILES string of the molecule is CC1(C)c2ccccc2-c2ccc(N(c3ccc(-c4ccccc4)cc3)c3cccc(-c4cc(-c5ccccc5)cc5oc6c7ccccc7c(-c7ccccc7)cc6c45)c3)cc21. The van der Waals surface area contributed by atoms with Crippen molar-refractivity contribution in [3.63, 3.8) is 0 Å². The molecule has 0 bridgehead atoms. The van der Waals surface area contributed by atoms with Crippen LogP contribution in [0.15, 0.2) is 229 Å². The van der Waals surface area contributed by atoms with Gasteiger partial charge in [0.1, 0.15) is 11.2 Å². The zero-order valence-electron chi connectivity index (χ0n) is 35.2. The molecule has 0 saturated heterocycles. The highest BCUT2D eigenvalue weighted by molar-refractivity contribution is 6.22. The van der Waals surface area contributed by atoms with Crippen molar-refractivity contribution in [2.24, 2.45) is 0 Å². The van der Waals surface area contributed by atoms with Crippen LogP contribution in [-0.4, -0.2) is 0 Å². The van der Waals surface area contributed by atoms with Gasteiger partial charge in [0.05, 0.1) is 0 Å². The van der Waals surface area contributed by atoms with E-state index < -0.39 is 0 Å². The number of benzene rings is 10. The minimum absolute atomic E-state index is 0.138. The molecule has 0 aliphatic heterocycles. The van der Waals surface area contributed by atoms with Crippen LogP contribution in [0.3, 0.4) is 0 Å². The molecule has 0 radical (unpaired) electrons. The Bertz CT molecular complexity index is 3510. The molecule has 0 atom stereocenters. The Morgan fingerprint density at radius 3 is 1.65 bits per heavy atom. The normalized spacial score (nSPS) is 12.7. The Kier molecular flexibility index (Phi) is 8.55. The summed E-state index contributed by atoms with van der Waals surface area (Å²) in [5.74, 6) is 0. The molecule has 63 heavy (non-hydrogen) atoms. The highest BCUT2D eigenvalue weighted by atomic mass is 16.3. The second-order valence-corrected chi connectivity index (χ2v) is 17.3. The van der Waals surface area contributed by atoms with E-state index >= 15 is 0 Å². The molecule has 11 aromatic rings. The molecule has 0 unspecified atom stereocenters. The molecule has 12 rings (SSSR count). The van der Waals surface area contributed by atoms with E-state index in [9.17, 15) is 0 Å². The number of hydrogen-bond donors (Lipinski definition) is 0. The van der Waals surface area contributed by atoms with Gasteiger partial charge in [-0.3, -0.25) is 0 Å². The number of hydrogen-bond acceptors (Lipinski definition) is 2. The minimum Gasteiger partial charge on any atom is -0.455 e. The predicted octanol–water partition coefficient (Wildman–Crippen LogP) is 17.2. The third-order valence-electron chi connectivity index (χ3n) is 13.2. The summed E-state index contributed by atoms with van der Waals surface area (Å²) in [6.45, 7) is 4.71. The average Bonchev–Trinajstić information content (AvgIpc) is 3.84. The van der Waals surface area contributed by atoms with Crippen molar-refractivity contribution in [3.05, 3.63) is 236 Å². The molecule has 0 amide bonds. The molecule has 0 fully saturated rings. The zero-order chi connectivity index (χ0) is 42.1. The largest absolute Gasteiger partial charge is 0.455 e. The van der Waals surface area contributed by atoms with Crippen LogP contribution in [0.4, 0.5) is 17.1 Å². The van der Waals surface area contributed by atoms with Gasteiger partial charge >= 0.3 is 0 Å². The van der Waals surface area contributed by atoms with E-state index in [4.69, 9.17) is 4.42 Å². The van der Waals surface area contributed by atoms with Gasteiger partial charge in [0.15, 0.2) is 0 Å². The molecule has 0 saturated carbocycles. The number of anilines is 3. The Morgan fingerprint density at radius 2 is 0.905 bits per heavy atom. The summed E-state index contributed by atoms with van der Waals surface area (Å²) in [7, 11) is 0. The van der Waals surface area contributed by atoms with Gasteiger partial charge in [-0.2, -0.15) is 0 Å². The van der Waals surface area contributed by atoms with Gasteiger partial charge in [-0.25, -0.2) is 0 Å². The summed E-state index contributed by atoms with van der Waals surface area (Å²) in [5.41, 5.74) is 19.6. The Hall–Kier alpha value is -7.94. The molecule has 10 aromatic carbocycles. The smallest absolute Gasteiger partial charge is 0.143 e. The molecular weight excluding hydrogens is 763 g/mol. The molecule has 0 N–H and O–H groups in total. The van der Waals surface area contributed by atoms with E-state index in [2.05, 4.69) is 243 Å². The maximum Gasteiger partial charge on any atom is 0.143 e. The predicted molar refractivity (Wildman–Crippen MR) is 265 cm³/mol. The third-order valence-corrected chi connectivity index (χ3v) is 13.2. The van der Waals surface area contributed by atoms with Crippen molar-refractivity contribution in [1.29, 1.82) is 0 Å². The van der Waals surface area contributed by atoms with Gasteiger partial charge in [-0.05, 0) is 127 Å². The van der Waals surface area contributed by atoms with Gasteiger partial charge < -0.3 is 9.32 Å². The molecule has 298 valence electrons. The van der Waals surface area contributed by atoms with Crippen molar-refractivity contribution in [2.75, 3.05) is 4.90 Å². The van der Waals surface area contributed by atoms with Gasteiger partial charge in [0, 0.05) is 38.6 Å². The monoisotopic (exact) mass is 805 g/mol. The number of fused-ring (bicyclic) bond motifs is 8. The van der Waals surface area contributed by atoms with Crippen LogP contribution in [0.25, 0.3) is 88.3 Å². The standard InChI is InChI=1S/C61H43NO/c1-61(2)56-28-15-14-26-50(56)51-34-33-48(38-57(51)61)62(46-31-29-42(30-32-46)40-17-6-3-7-18-40)47-24-16-23-44(35-47)54-36-45(41-19-8-4-9-20-41)37-58-59(54)55-39-53(43-21-10-5-11-22-43)49-25-12-13-27-52(49)60(55)63-58/h3-39H,1-2H3. The van der Waals surface area contributed by atoms with Crippen molar-refractivity contribution < 1.29 is 4.42 Å². The highest BCUT2D eigenvalue weighted by Gasteiger charge is 2.36. The summed E-state index contributed by atoms with van der Waals surface area (Å²) in [6.07, 6.45) is 0. The van der Waals surface area contributed by atoms with Gasteiger partial charge in [-0.1, -0.05) is 184 Å². The molecule has 2 heteroatoms. The number of rotatable bonds is 7. The van der Waals surface area contributed by atoms with E-state index in [1.54, 1.807) is 0 Å². The van der Waals surface area contributed by atoms with Crippen LogP contribution in [0.1, 0.15) is 25.0 Å². The van der Waals surface area contributed by atoms with Crippen molar-refractivity contribution in [3.8, 4) is 55.6 Å². The van der Waals surface area contributed by atoms with Crippen LogP contribution < -0.4 is 4.90 Å². The van der Waals surface area contributed by atoms with E-state index in [-0.39, 0.29) is 5.41 Å². The average molecular weight is 806 g/mol. The lowest BCUT2D eigenvalue weighted by atomic mass is 9.82. The van der Waals surface area contributed by atoms with Crippen molar-refractivity contribution in [1.82, 2.24) is 0 Å². The second kappa shape index (κ2) is 14.6. The fourth-order valence-electron chi connectivity index (χ4n) is 10.1. The first kappa shape index (κ1) is 36.9. The minimum atomic E-state index is -0.138. The lowest BCUT2D eigenvalue weighted by Crippen LogP contribution is -2.16. The summed E-state index contributed by atoms with van der Waals surface area (Å²) in [6, 6.07) is 81.5. The summed E-state index contributed by atoms with van der Waals surface area (Å²) < 4.78 is 7.02. The lowest BCUT2D eigenvalue weighted by molar-refractivity contribution is 0.660. The third kappa shape index (κ3) is 6.09. The van der Waals surface area contributed by atoms with E-state index in [1.165, 1.54) is 49.9 Å². The zero-order valence-corrected chi connectivity index (χ0v) is 35.2. The topological polar surface area (TPSA) is 16.4 Å². The van der Waals surface area contributed by atoms with Crippen molar-refractivity contribution in [2.45, 2.75) is 19.3 Å². The van der Waals surface area contributed by atoms with Crippen LogP contribution in [0, 0.1) is 0 Å². The summed E-state index contributed by atoms with van der Waals surface area (Å²) in [4.78, 5) is 2.42. The molecule has 1 heterocycles. The summed E-state index contributed by atoms with van der Waals surface area (Å²) in [5, 5.41) is 4.51. The quantitative estimate of drug-likeness (QED) is 0.160. The first-order valence-corrected chi connectivity index (χ1v) is 21.8. The molecular formula is C61H43NO. The highest BCUT2D eigenvalue weighted by Crippen LogP contribution is 2.51. The Morgan fingerprint density at radius 1 is 0.333 bits per heavy atom. The molecule has 1 aliphatic rings. The first-order valence-electron chi connectivity index (χ1n) is 21.8. The fraction of sp³-hybridized carbons (Fsp3) is 0.0492. The van der Waals surface area contributed by atoms with Crippen LogP contribution in [0.2, 0.25) is 0 Å². The van der Waals surface area contributed by atoms with E-state index in [1.807, 2.05) is 0 Å².